The van der Waals surface area contributed by atoms with Crippen LogP contribution in [0.15, 0.2) is 18.2 Å². The normalized spacial score (nSPS) is 11.2. The second kappa shape index (κ2) is 5.02. The predicted molar refractivity (Wildman–Crippen MR) is 56.3 cm³/mol. The first-order chi connectivity index (χ1) is 7.21. The highest BCUT2D eigenvalue weighted by molar-refractivity contribution is 5.48. The van der Waals surface area contributed by atoms with Crippen molar-refractivity contribution in [2.45, 2.75) is 26.4 Å². The highest BCUT2D eigenvalue weighted by atomic mass is 16.5. The van der Waals surface area contributed by atoms with Crippen LogP contribution in [0.25, 0.3) is 0 Å². The Bertz CT molecular complexity index is 426. The molecule has 3 nitrogen and oxygen atoms in total. The molecule has 0 amide bonds. The fourth-order valence-corrected chi connectivity index (χ4v) is 1.09. The van der Waals surface area contributed by atoms with Gasteiger partial charge in [-0.1, -0.05) is 6.92 Å². The summed E-state index contributed by atoms with van der Waals surface area (Å²) in [4.78, 5) is 0. The van der Waals surface area contributed by atoms with Crippen LogP contribution >= 0.6 is 0 Å². The van der Waals surface area contributed by atoms with Gasteiger partial charge in [-0.25, -0.2) is 0 Å². The van der Waals surface area contributed by atoms with E-state index in [-0.39, 0.29) is 6.10 Å². The number of hydrogen-bond acceptors (Lipinski definition) is 3. The lowest BCUT2D eigenvalue weighted by atomic mass is 10.1. The molecule has 1 rings (SSSR count). The molecular weight excluding hydrogens is 188 g/mol. The van der Waals surface area contributed by atoms with Crippen LogP contribution in [0.4, 0.5) is 0 Å². The lowest BCUT2D eigenvalue weighted by molar-refractivity contribution is 0.217. The average Bonchev–Trinajstić information content (AvgIpc) is 2.29. The summed E-state index contributed by atoms with van der Waals surface area (Å²) >= 11 is 0. The Morgan fingerprint density at radius 3 is 2.60 bits per heavy atom. The Balaban J connectivity index is 3.00. The fourth-order valence-electron chi connectivity index (χ4n) is 1.09. The van der Waals surface area contributed by atoms with Crippen LogP contribution in [0, 0.1) is 22.7 Å². The minimum Gasteiger partial charge on any atom is -0.489 e. The molecule has 0 N–H and O–H groups in total. The summed E-state index contributed by atoms with van der Waals surface area (Å²) < 4.78 is 5.55. The molecule has 0 aliphatic rings. The third-order valence-electron chi connectivity index (χ3n) is 2.13. The summed E-state index contributed by atoms with van der Waals surface area (Å²) in [5.41, 5.74) is 0.886. The van der Waals surface area contributed by atoms with E-state index < -0.39 is 0 Å². The molecule has 0 aliphatic heterocycles. The third-order valence-corrected chi connectivity index (χ3v) is 2.13. The molecule has 0 bridgehead atoms. The van der Waals surface area contributed by atoms with E-state index in [4.69, 9.17) is 15.3 Å². The van der Waals surface area contributed by atoms with Gasteiger partial charge in [-0.15, -0.1) is 0 Å². The molecule has 3 heteroatoms. The Hall–Kier alpha value is -2.00. The Morgan fingerprint density at radius 2 is 2.07 bits per heavy atom. The van der Waals surface area contributed by atoms with Crippen LogP contribution in [0.5, 0.6) is 5.75 Å². The maximum Gasteiger partial charge on any atom is 0.137 e. The van der Waals surface area contributed by atoms with Crippen molar-refractivity contribution in [1.82, 2.24) is 0 Å². The monoisotopic (exact) mass is 200 g/mol. The standard InChI is InChI=1S/C12H12N2O/c1-3-9(2)15-12-5-4-10(7-13)6-11(12)8-14/h4-6,9H,3H2,1-2H3. The van der Waals surface area contributed by atoms with E-state index >= 15 is 0 Å². The van der Waals surface area contributed by atoms with Crippen molar-refractivity contribution in [1.29, 1.82) is 10.5 Å². The fraction of sp³-hybridized carbons (Fsp3) is 0.333. The predicted octanol–water partition coefficient (Wildman–Crippen LogP) is 2.61. The van der Waals surface area contributed by atoms with Gasteiger partial charge in [0.05, 0.1) is 23.3 Å². The molecule has 1 unspecified atom stereocenters. The van der Waals surface area contributed by atoms with Crippen LogP contribution in [-0.4, -0.2) is 6.10 Å². The van der Waals surface area contributed by atoms with Crippen molar-refractivity contribution in [3.8, 4) is 17.9 Å². The average molecular weight is 200 g/mol. The van der Waals surface area contributed by atoms with Crippen LogP contribution in [0.3, 0.4) is 0 Å². The highest BCUT2D eigenvalue weighted by Gasteiger charge is 2.07. The maximum atomic E-state index is 8.88. The summed E-state index contributed by atoms with van der Waals surface area (Å²) in [7, 11) is 0. The lowest BCUT2D eigenvalue weighted by Crippen LogP contribution is -2.10. The molecule has 15 heavy (non-hydrogen) atoms. The van der Waals surface area contributed by atoms with Gasteiger partial charge in [0.2, 0.25) is 0 Å². The molecule has 0 saturated heterocycles. The van der Waals surface area contributed by atoms with Gasteiger partial charge in [0, 0.05) is 0 Å². The molecular formula is C12H12N2O. The molecule has 0 aromatic heterocycles. The maximum absolute atomic E-state index is 8.88. The molecule has 0 saturated carbocycles. The van der Waals surface area contributed by atoms with Gasteiger partial charge < -0.3 is 4.74 Å². The zero-order valence-corrected chi connectivity index (χ0v) is 8.82. The van der Waals surface area contributed by atoms with E-state index in [9.17, 15) is 0 Å². The number of hydrogen-bond donors (Lipinski definition) is 0. The summed E-state index contributed by atoms with van der Waals surface area (Å²) in [6.07, 6.45) is 0.954. The van der Waals surface area contributed by atoms with Gasteiger partial charge in [-0.05, 0) is 31.5 Å². The number of ether oxygens (including phenoxy) is 1. The molecule has 0 heterocycles. The summed E-state index contributed by atoms with van der Waals surface area (Å²) in [5.74, 6) is 0.547. The Kier molecular flexibility index (Phi) is 3.71. The van der Waals surface area contributed by atoms with Crippen LogP contribution in [0.1, 0.15) is 31.4 Å². The Morgan fingerprint density at radius 1 is 1.33 bits per heavy atom. The van der Waals surface area contributed by atoms with Gasteiger partial charge in [0.1, 0.15) is 11.8 Å². The molecule has 1 atom stereocenters. The van der Waals surface area contributed by atoms with Gasteiger partial charge in [0.15, 0.2) is 0 Å². The van der Waals surface area contributed by atoms with Crippen molar-refractivity contribution in [2.75, 3.05) is 0 Å². The van der Waals surface area contributed by atoms with E-state index in [1.54, 1.807) is 12.1 Å². The van der Waals surface area contributed by atoms with E-state index in [0.717, 1.165) is 6.42 Å². The number of benzene rings is 1. The van der Waals surface area contributed by atoms with Crippen molar-refractivity contribution >= 4 is 0 Å². The highest BCUT2D eigenvalue weighted by Crippen LogP contribution is 2.20. The molecule has 76 valence electrons. The topological polar surface area (TPSA) is 56.8 Å². The molecule has 0 spiro atoms. The van der Waals surface area contributed by atoms with Crippen molar-refractivity contribution in [2.24, 2.45) is 0 Å². The Labute approximate surface area is 89.5 Å². The van der Waals surface area contributed by atoms with Gasteiger partial charge >= 0.3 is 0 Å². The summed E-state index contributed by atoms with van der Waals surface area (Å²) in [5, 5.41) is 17.6. The molecule has 0 aliphatic carbocycles. The van der Waals surface area contributed by atoms with E-state index in [1.165, 1.54) is 6.07 Å². The second-order valence-corrected chi connectivity index (χ2v) is 3.27. The summed E-state index contributed by atoms with van der Waals surface area (Å²) in [6, 6.07) is 8.87. The quantitative estimate of drug-likeness (QED) is 0.753. The minimum absolute atomic E-state index is 0.0741. The van der Waals surface area contributed by atoms with Crippen molar-refractivity contribution < 1.29 is 4.74 Å². The molecule has 1 aromatic carbocycles. The minimum atomic E-state index is 0.0741. The first-order valence-corrected chi connectivity index (χ1v) is 4.82. The van der Waals surface area contributed by atoms with Gasteiger partial charge in [-0.2, -0.15) is 10.5 Å². The number of nitriles is 2. The first-order valence-electron chi connectivity index (χ1n) is 4.82. The van der Waals surface area contributed by atoms with E-state index in [1.807, 2.05) is 26.0 Å². The molecule has 0 fully saturated rings. The lowest BCUT2D eigenvalue weighted by Gasteiger charge is -2.13. The zero-order chi connectivity index (χ0) is 11.3. The largest absolute Gasteiger partial charge is 0.489 e. The SMILES string of the molecule is CCC(C)Oc1ccc(C#N)cc1C#N. The van der Waals surface area contributed by atoms with Crippen LogP contribution in [0.2, 0.25) is 0 Å². The van der Waals surface area contributed by atoms with E-state index in [2.05, 4.69) is 0 Å². The smallest absolute Gasteiger partial charge is 0.137 e. The summed E-state index contributed by atoms with van der Waals surface area (Å²) in [6.45, 7) is 3.96. The number of nitrogens with zero attached hydrogens (tertiary/aromatic N) is 2. The van der Waals surface area contributed by atoms with Crippen molar-refractivity contribution in [3.63, 3.8) is 0 Å². The number of rotatable bonds is 3. The van der Waals surface area contributed by atoms with E-state index in [0.29, 0.717) is 16.9 Å². The third kappa shape index (κ3) is 2.72. The van der Waals surface area contributed by atoms with Crippen LogP contribution < -0.4 is 4.74 Å². The van der Waals surface area contributed by atoms with Crippen LogP contribution in [-0.2, 0) is 0 Å². The second-order valence-electron chi connectivity index (χ2n) is 3.27. The first kappa shape index (κ1) is 11.1. The van der Waals surface area contributed by atoms with Gasteiger partial charge in [0.25, 0.3) is 0 Å². The van der Waals surface area contributed by atoms with Crippen molar-refractivity contribution in [3.05, 3.63) is 29.3 Å². The zero-order valence-electron chi connectivity index (χ0n) is 8.82. The molecule has 1 aromatic rings. The molecule has 0 radical (unpaired) electrons. The van der Waals surface area contributed by atoms with Gasteiger partial charge in [-0.3, -0.25) is 0 Å².